The predicted molar refractivity (Wildman–Crippen MR) is 61.4 cm³/mol. The van der Waals surface area contributed by atoms with Gasteiger partial charge in [0, 0.05) is 11.0 Å². The Hall–Kier alpha value is -1.23. The highest BCUT2D eigenvalue weighted by Gasteiger charge is 2.36. The van der Waals surface area contributed by atoms with E-state index in [2.05, 4.69) is 15.9 Å². The number of Topliss-reactive ketones (excluding diaryl/α,β-unsaturated/α-hetero) is 1. The van der Waals surface area contributed by atoms with Gasteiger partial charge in [-0.3, -0.25) is 14.0 Å². The molecular weight excluding hydrogens is 277 g/mol. The number of fused-ring (bicyclic) bond motifs is 1. The highest BCUT2D eigenvalue weighted by atomic mass is 79.9. The van der Waals surface area contributed by atoms with Gasteiger partial charge in [-0.2, -0.15) is 0 Å². The minimum atomic E-state index is -0.574. The van der Waals surface area contributed by atoms with Crippen LogP contribution in [0.5, 0.6) is 0 Å². The van der Waals surface area contributed by atoms with E-state index in [9.17, 15) is 14.0 Å². The van der Waals surface area contributed by atoms with Gasteiger partial charge in [-0.05, 0) is 34.5 Å². The molecule has 16 heavy (non-hydrogen) atoms. The number of carbonyl (C=O) groups is 2. The van der Waals surface area contributed by atoms with Gasteiger partial charge in [0.2, 0.25) is 0 Å². The number of hydrogen-bond donors (Lipinski definition) is 0. The lowest BCUT2D eigenvalue weighted by atomic mass is 10.1. The first-order chi connectivity index (χ1) is 7.66. The Morgan fingerprint density at radius 2 is 2.06 bits per heavy atom. The van der Waals surface area contributed by atoms with Crippen molar-refractivity contribution in [3.05, 3.63) is 28.2 Å². The SMILES string of the molecule is O=C1C(=O)N(CCCF)c2cccc(Br)c21. The third-order valence-electron chi connectivity index (χ3n) is 2.46. The maximum atomic E-state index is 12.1. The zero-order chi connectivity index (χ0) is 11.7. The highest BCUT2D eigenvalue weighted by Crippen LogP contribution is 2.34. The quantitative estimate of drug-likeness (QED) is 0.800. The highest BCUT2D eigenvalue weighted by molar-refractivity contribution is 9.10. The van der Waals surface area contributed by atoms with E-state index in [-0.39, 0.29) is 13.0 Å². The van der Waals surface area contributed by atoms with Gasteiger partial charge in [0.15, 0.2) is 0 Å². The average Bonchev–Trinajstić information content (AvgIpc) is 2.51. The molecule has 5 heteroatoms. The summed E-state index contributed by atoms with van der Waals surface area (Å²) in [5.74, 6) is -1.10. The summed E-state index contributed by atoms with van der Waals surface area (Å²) in [7, 11) is 0. The summed E-state index contributed by atoms with van der Waals surface area (Å²) in [4.78, 5) is 24.7. The minimum Gasteiger partial charge on any atom is -0.305 e. The van der Waals surface area contributed by atoms with Gasteiger partial charge >= 0.3 is 0 Å². The van der Waals surface area contributed by atoms with E-state index in [1.807, 2.05) is 0 Å². The van der Waals surface area contributed by atoms with Crippen LogP contribution in [0.25, 0.3) is 0 Å². The van der Waals surface area contributed by atoms with Crippen molar-refractivity contribution in [1.82, 2.24) is 0 Å². The summed E-state index contributed by atoms with van der Waals surface area (Å²) in [6, 6.07) is 5.15. The van der Waals surface area contributed by atoms with E-state index < -0.39 is 18.4 Å². The molecule has 0 atom stereocenters. The standard InChI is InChI=1S/C11H9BrFNO2/c12-7-3-1-4-8-9(7)10(15)11(16)14(8)6-2-5-13/h1,3-4H,2,5-6H2. The number of anilines is 1. The number of hydrogen-bond acceptors (Lipinski definition) is 2. The van der Waals surface area contributed by atoms with E-state index in [0.29, 0.717) is 15.7 Å². The first kappa shape index (κ1) is 11.3. The Balaban J connectivity index is 2.42. The zero-order valence-corrected chi connectivity index (χ0v) is 9.96. The molecule has 0 saturated carbocycles. The number of nitrogens with zero attached hydrogens (tertiary/aromatic N) is 1. The second-order valence-electron chi connectivity index (χ2n) is 3.46. The molecule has 3 nitrogen and oxygen atoms in total. The van der Waals surface area contributed by atoms with E-state index >= 15 is 0 Å². The number of rotatable bonds is 3. The molecule has 1 aliphatic rings. The molecule has 1 heterocycles. The van der Waals surface area contributed by atoms with Gasteiger partial charge < -0.3 is 4.90 Å². The van der Waals surface area contributed by atoms with Crippen molar-refractivity contribution in [3.8, 4) is 0 Å². The summed E-state index contributed by atoms with van der Waals surface area (Å²) in [5.41, 5.74) is 0.948. The van der Waals surface area contributed by atoms with Crippen molar-refractivity contribution in [2.24, 2.45) is 0 Å². The summed E-state index contributed by atoms with van der Waals surface area (Å²) in [6.07, 6.45) is 0.241. The Morgan fingerprint density at radius 1 is 1.31 bits per heavy atom. The van der Waals surface area contributed by atoms with Gasteiger partial charge in [-0.15, -0.1) is 0 Å². The first-order valence-electron chi connectivity index (χ1n) is 4.87. The average molecular weight is 286 g/mol. The van der Waals surface area contributed by atoms with Crippen molar-refractivity contribution >= 4 is 33.3 Å². The van der Waals surface area contributed by atoms with Crippen LogP contribution in [0.15, 0.2) is 22.7 Å². The predicted octanol–water partition coefficient (Wildman–Crippen LogP) is 2.34. The number of carbonyl (C=O) groups excluding carboxylic acids is 2. The van der Waals surface area contributed by atoms with Crippen LogP contribution >= 0.6 is 15.9 Å². The Morgan fingerprint density at radius 3 is 2.75 bits per heavy atom. The fourth-order valence-electron chi connectivity index (χ4n) is 1.74. The fourth-order valence-corrected chi connectivity index (χ4v) is 2.28. The fraction of sp³-hybridized carbons (Fsp3) is 0.273. The molecule has 0 N–H and O–H groups in total. The van der Waals surface area contributed by atoms with Gasteiger partial charge in [0.05, 0.1) is 17.9 Å². The summed E-state index contributed by atoms with van der Waals surface area (Å²) >= 11 is 3.24. The van der Waals surface area contributed by atoms with Crippen molar-refractivity contribution in [1.29, 1.82) is 0 Å². The Labute approximate surface area is 100 Å². The van der Waals surface area contributed by atoms with Crippen LogP contribution in [0.1, 0.15) is 16.8 Å². The van der Waals surface area contributed by atoms with Gasteiger partial charge in [0.25, 0.3) is 11.7 Å². The maximum Gasteiger partial charge on any atom is 0.299 e. The van der Waals surface area contributed by atoms with E-state index in [4.69, 9.17) is 0 Å². The topological polar surface area (TPSA) is 37.4 Å². The van der Waals surface area contributed by atoms with E-state index in [1.54, 1.807) is 18.2 Å². The molecule has 0 fully saturated rings. The summed E-state index contributed by atoms with van der Waals surface area (Å²) in [6.45, 7) is -0.258. The second kappa shape index (κ2) is 4.33. The first-order valence-corrected chi connectivity index (χ1v) is 5.66. The molecule has 0 spiro atoms. The number of amides is 1. The van der Waals surface area contributed by atoms with Crippen molar-refractivity contribution in [2.75, 3.05) is 18.1 Å². The summed E-state index contributed by atoms with van der Waals surface area (Å²) < 4.78 is 12.7. The van der Waals surface area contributed by atoms with Crippen LogP contribution in [0.2, 0.25) is 0 Å². The van der Waals surface area contributed by atoms with Crippen molar-refractivity contribution in [2.45, 2.75) is 6.42 Å². The number of halogens is 2. The molecule has 0 unspecified atom stereocenters. The lowest BCUT2D eigenvalue weighted by Crippen LogP contribution is -2.30. The molecule has 0 saturated heterocycles. The van der Waals surface area contributed by atoms with Gasteiger partial charge in [0.1, 0.15) is 0 Å². The third kappa shape index (κ3) is 1.65. The second-order valence-corrected chi connectivity index (χ2v) is 4.32. The smallest absolute Gasteiger partial charge is 0.299 e. The lowest BCUT2D eigenvalue weighted by molar-refractivity contribution is -0.114. The molecule has 1 amide bonds. The van der Waals surface area contributed by atoms with Gasteiger partial charge in [-0.1, -0.05) is 6.07 Å². The summed E-state index contributed by atoms with van der Waals surface area (Å²) in [5, 5.41) is 0. The number of benzene rings is 1. The van der Waals surface area contributed by atoms with Gasteiger partial charge in [-0.25, -0.2) is 0 Å². The van der Waals surface area contributed by atoms with E-state index in [0.717, 1.165) is 0 Å². The van der Waals surface area contributed by atoms with Crippen LogP contribution in [0, 0.1) is 0 Å². The van der Waals surface area contributed by atoms with Crippen LogP contribution in [-0.4, -0.2) is 24.9 Å². The Bertz CT molecular complexity index is 461. The molecule has 0 radical (unpaired) electrons. The van der Waals surface area contributed by atoms with Crippen molar-refractivity contribution < 1.29 is 14.0 Å². The lowest BCUT2D eigenvalue weighted by Gasteiger charge is -2.15. The minimum absolute atomic E-state index is 0.241. The molecule has 1 aromatic carbocycles. The monoisotopic (exact) mass is 285 g/mol. The molecule has 1 aromatic rings. The Kier molecular flexibility index (Phi) is 3.05. The largest absolute Gasteiger partial charge is 0.305 e. The number of alkyl halides is 1. The van der Waals surface area contributed by atoms with Crippen LogP contribution in [0.4, 0.5) is 10.1 Å². The molecule has 84 valence electrons. The molecule has 1 aliphatic heterocycles. The van der Waals surface area contributed by atoms with Crippen LogP contribution < -0.4 is 4.90 Å². The molecule has 0 aromatic heterocycles. The van der Waals surface area contributed by atoms with Crippen LogP contribution in [0.3, 0.4) is 0 Å². The number of ketones is 1. The van der Waals surface area contributed by atoms with E-state index in [1.165, 1.54) is 4.90 Å². The molecular formula is C11H9BrFNO2. The molecule has 0 bridgehead atoms. The van der Waals surface area contributed by atoms with Crippen molar-refractivity contribution in [3.63, 3.8) is 0 Å². The normalized spacial score (nSPS) is 14.5. The maximum absolute atomic E-state index is 12.1. The zero-order valence-electron chi connectivity index (χ0n) is 8.37. The molecule has 2 rings (SSSR count). The van der Waals surface area contributed by atoms with Crippen LogP contribution in [-0.2, 0) is 4.79 Å². The third-order valence-corrected chi connectivity index (χ3v) is 3.13. The molecule has 0 aliphatic carbocycles.